The van der Waals surface area contributed by atoms with Crippen LogP contribution in [0.2, 0.25) is 0 Å². The Balaban J connectivity index is 2.39. The van der Waals surface area contributed by atoms with Gasteiger partial charge < -0.3 is 10.2 Å². The van der Waals surface area contributed by atoms with E-state index in [2.05, 4.69) is 37.3 Å². The molecule has 0 aliphatic heterocycles. The molecule has 2 atom stereocenters. The lowest BCUT2D eigenvalue weighted by Crippen LogP contribution is -2.32. The van der Waals surface area contributed by atoms with Gasteiger partial charge in [0.25, 0.3) is 0 Å². The highest BCUT2D eigenvalue weighted by Crippen LogP contribution is 2.13. The molecule has 18 heavy (non-hydrogen) atoms. The summed E-state index contributed by atoms with van der Waals surface area (Å²) in [6, 6.07) is 12.8. The summed E-state index contributed by atoms with van der Waals surface area (Å²) in [6.45, 7) is 3.95. The van der Waals surface area contributed by atoms with Crippen LogP contribution in [0, 0.1) is 11.3 Å². The summed E-state index contributed by atoms with van der Waals surface area (Å²) in [7, 11) is 4.16. The molecule has 1 rings (SSSR count). The van der Waals surface area contributed by atoms with Crippen molar-refractivity contribution in [2.75, 3.05) is 27.2 Å². The molecule has 0 radical (unpaired) electrons. The molecule has 0 amide bonds. The highest BCUT2D eigenvalue weighted by atomic mass is 15.1. The van der Waals surface area contributed by atoms with Gasteiger partial charge in [-0.25, -0.2) is 0 Å². The molecule has 0 fully saturated rings. The largest absolute Gasteiger partial charge is 0.313 e. The van der Waals surface area contributed by atoms with E-state index < -0.39 is 0 Å². The SMILES string of the molecule is CC(CCN(C)C)NCC(C#N)c1ccccc1. The van der Waals surface area contributed by atoms with E-state index in [0.29, 0.717) is 6.04 Å². The predicted octanol–water partition coefficient (Wildman–Crippen LogP) is 2.22. The molecule has 0 aliphatic carbocycles. The monoisotopic (exact) mass is 245 g/mol. The predicted molar refractivity (Wildman–Crippen MR) is 75.4 cm³/mol. The van der Waals surface area contributed by atoms with Gasteiger partial charge in [0.05, 0.1) is 12.0 Å². The lowest BCUT2D eigenvalue weighted by molar-refractivity contribution is 0.365. The Labute approximate surface area is 110 Å². The Bertz CT molecular complexity index is 367. The minimum absolute atomic E-state index is 0.0620. The maximum Gasteiger partial charge on any atom is 0.0837 e. The van der Waals surface area contributed by atoms with Crippen LogP contribution in [0.3, 0.4) is 0 Å². The van der Waals surface area contributed by atoms with E-state index in [-0.39, 0.29) is 5.92 Å². The third-order valence-electron chi connectivity index (χ3n) is 3.04. The molecule has 0 aromatic heterocycles. The minimum atomic E-state index is -0.0620. The van der Waals surface area contributed by atoms with E-state index in [1.807, 2.05) is 30.3 Å². The van der Waals surface area contributed by atoms with E-state index in [4.69, 9.17) is 0 Å². The van der Waals surface area contributed by atoms with Crippen LogP contribution >= 0.6 is 0 Å². The molecule has 2 unspecified atom stereocenters. The molecule has 0 saturated carbocycles. The molecular weight excluding hydrogens is 222 g/mol. The van der Waals surface area contributed by atoms with Crippen molar-refractivity contribution >= 4 is 0 Å². The van der Waals surface area contributed by atoms with Crippen LogP contribution in [0.25, 0.3) is 0 Å². The quantitative estimate of drug-likeness (QED) is 0.800. The van der Waals surface area contributed by atoms with Crippen LogP contribution in [-0.2, 0) is 0 Å². The summed E-state index contributed by atoms with van der Waals surface area (Å²) < 4.78 is 0. The normalized spacial score (nSPS) is 14.2. The van der Waals surface area contributed by atoms with Crippen molar-refractivity contribution in [2.24, 2.45) is 0 Å². The summed E-state index contributed by atoms with van der Waals surface area (Å²) in [4.78, 5) is 2.18. The number of nitriles is 1. The van der Waals surface area contributed by atoms with E-state index in [1.54, 1.807) is 0 Å². The van der Waals surface area contributed by atoms with Crippen LogP contribution in [0.4, 0.5) is 0 Å². The Morgan fingerprint density at radius 3 is 2.50 bits per heavy atom. The smallest absolute Gasteiger partial charge is 0.0837 e. The Morgan fingerprint density at radius 2 is 1.94 bits per heavy atom. The Kier molecular flexibility index (Phi) is 6.42. The second-order valence-corrected chi connectivity index (χ2v) is 4.99. The van der Waals surface area contributed by atoms with Gasteiger partial charge in [-0.1, -0.05) is 30.3 Å². The summed E-state index contributed by atoms with van der Waals surface area (Å²) in [5.74, 6) is -0.0620. The van der Waals surface area contributed by atoms with Crippen LogP contribution in [0.15, 0.2) is 30.3 Å². The number of benzene rings is 1. The number of nitrogens with one attached hydrogen (secondary N) is 1. The fourth-order valence-electron chi connectivity index (χ4n) is 1.80. The van der Waals surface area contributed by atoms with Gasteiger partial charge in [0, 0.05) is 12.6 Å². The first-order valence-electron chi connectivity index (χ1n) is 6.46. The van der Waals surface area contributed by atoms with Gasteiger partial charge in [0.15, 0.2) is 0 Å². The van der Waals surface area contributed by atoms with Crippen molar-refractivity contribution in [1.29, 1.82) is 5.26 Å². The van der Waals surface area contributed by atoms with Gasteiger partial charge >= 0.3 is 0 Å². The standard InChI is InChI=1S/C15H23N3/c1-13(9-10-18(2)3)17-12-15(11-16)14-7-5-4-6-8-14/h4-8,13,15,17H,9-10,12H2,1-3H3. The third-order valence-corrected chi connectivity index (χ3v) is 3.04. The number of rotatable bonds is 7. The fraction of sp³-hybridized carbons (Fsp3) is 0.533. The zero-order valence-electron chi connectivity index (χ0n) is 11.6. The van der Waals surface area contributed by atoms with Crippen molar-refractivity contribution in [3.63, 3.8) is 0 Å². The van der Waals surface area contributed by atoms with Gasteiger partial charge in [0.1, 0.15) is 0 Å². The minimum Gasteiger partial charge on any atom is -0.313 e. The Morgan fingerprint density at radius 1 is 1.28 bits per heavy atom. The van der Waals surface area contributed by atoms with Gasteiger partial charge in [0.2, 0.25) is 0 Å². The highest BCUT2D eigenvalue weighted by molar-refractivity contribution is 5.25. The molecule has 3 heteroatoms. The molecule has 3 nitrogen and oxygen atoms in total. The van der Waals surface area contributed by atoms with Crippen LogP contribution in [-0.4, -0.2) is 38.1 Å². The van der Waals surface area contributed by atoms with Crippen molar-refractivity contribution < 1.29 is 0 Å². The Hall–Kier alpha value is -1.37. The number of hydrogen-bond acceptors (Lipinski definition) is 3. The molecular formula is C15H23N3. The molecule has 0 saturated heterocycles. The van der Waals surface area contributed by atoms with E-state index in [9.17, 15) is 5.26 Å². The van der Waals surface area contributed by atoms with Crippen LogP contribution in [0.5, 0.6) is 0 Å². The molecule has 1 N–H and O–H groups in total. The van der Waals surface area contributed by atoms with Gasteiger partial charge in [-0.15, -0.1) is 0 Å². The van der Waals surface area contributed by atoms with Crippen LogP contribution in [0.1, 0.15) is 24.8 Å². The molecule has 98 valence electrons. The van der Waals surface area contributed by atoms with Crippen LogP contribution < -0.4 is 5.32 Å². The second-order valence-electron chi connectivity index (χ2n) is 4.99. The second kappa shape index (κ2) is 7.86. The summed E-state index contributed by atoms with van der Waals surface area (Å²) in [6.07, 6.45) is 1.10. The maximum absolute atomic E-state index is 9.21. The average molecular weight is 245 g/mol. The lowest BCUT2D eigenvalue weighted by atomic mass is 10.0. The van der Waals surface area contributed by atoms with Crippen molar-refractivity contribution in [2.45, 2.75) is 25.3 Å². The van der Waals surface area contributed by atoms with Gasteiger partial charge in [-0.3, -0.25) is 0 Å². The third kappa shape index (κ3) is 5.31. The molecule has 1 aromatic carbocycles. The number of hydrogen-bond donors (Lipinski definition) is 1. The molecule has 0 heterocycles. The maximum atomic E-state index is 9.21. The molecule has 0 bridgehead atoms. The van der Waals surface area contributed by atoms with Gasteiger partial charge in [-0.2, -0.15) is 5.26 Å². The molecule has 1 aromatic rings. The number of nitrogens with zero attached hydrogens (tertiary/aromatic N) is 2. The lowest BCUT2D eigenvalue weighted by Gasteiger charge is -2.18. The summed E-state index contributed by atoms with van der Waals surface area (Å²) >= 11 is 0. The first kappa shape index (κ1) is 14.7. The topological polar surface area (TPSA) is 39.1 Å². The zero-order chi connectivity index (χ0) is 13.4. The van der Waals surface area contributed by atoms with Gasteiger partial charge in [-0.05, 0) is 39.5 Å². The van der Waals surface area contributed by atoms with E-state index in [0.717, 1.165) is 25.1 Å². The average Bonchev–Trinajstić information content (AvgIpc) is 2.38. The van der Waals surface area contributed by atoms with E-state index in [1.165, 1.54) is 0 Å². The van der Waals surface area contributed by atoms with E-state index >= 15 is 0 Å². The molecule has 0 spiro atoms. The first-order valence-corrected chi connectivity index (χ1v) is 6.46. The van der Waals surface area contributed by atoms with Crippen molar-refractivity contribution in [3.8, 4) is 6.07 Å². The summed E-state index contributed by atoms with van der Waals surface area (Å²) in [5.41, 5.74) is 1.09. The van der Waals surface area contributed by atoms with Crippen molar-refractivity contribution in [1.82, 2.24) is 10.2 Å². The highest BCUT2D eigenvalue weighted by Gasteiger charge is 2.11. The zero-order valence-corrected chi connectivity index (χ0v) is 11.6. The molecule has 0 aliphatic rings. The van der Waals surface area contributed by atoms with Crippen molar-refractivity contribution in [3.05, 3.63) is 35.9 Å². The first-order chi connectivity index (χ1) is 8.63. The summed E-state index contributed by atoms with van der Waals surface area (Å²) in [5, 5.41) is 12.7. The fourth-order valence-corrected chi connectivity index (χ4v) is 1.80.